The van der Waals surface area contributed by atoms with Gasteiger partial charge in [-0.05, 0) is 103 Å². The lowest BCUT2D eigenvalue weighted by atomic mass is 9.92. The summed E-state index contributed by atoms with van der Waals surface area (Å²) in [6, 6.07) is 70.5. The predicted octanol–water partition coefficient (Wildman–Crippen LogP) is 13.6. The van der Waals surface area contributed by atoms with Gasteiger partial charge in [0.05, 0.1) is 34.1 Å². The van der Waals surface area contributed by atoms with Crippen LogP contribution >= 0.6 is 0 Å². The largest absolute Gasteiger partial charge is 0.278 e. The molecule has 0 aliphatic rings. The first-order chi connectivity index (χ1) is 28.2. The lowest BCUT2D eigenvalue weighted by Gasteiger charge is -2.13. The number of hydrogen-bond acceptors (Lipinski definition) is 3. The summed E-state index contributed by atoms with van der Waals surface area (Å²) in [5, 5.41) is 19.3. The van der Waals surface area contributed by atoms with Crippen LogP contribution in [0.15, 0.2) is 194 Å². The molecule has 0 aliphatic heterocycles. The highest BCUT2D eigenvalue weighted by atomic mass is 15.2. The van der Waals surface area contributed by atoms with Gasteiger partial charge in [-0.3, -0.25) is 4.57 Å². The van der Waals surface area contributed by atoms with Crippen LogP contribution in [-0.4, -0.2) is 14.5 Å². The van der Waals surface area contributed by atoms with Gasteiger partial charge < -0.3 is 0 Å². The smallest absolute Gasteiger partial charge is 0.235 e. The van der Waals surface area contributed by atoms with E-state index in [1.54, 1.807) is 0 Å². The maximum absolute atomic E-state index is 9.49. The molecule has 9 aromatic carbocycles. The molecular weight excluding hydrogens is 693 g/mol. The lowest BCUT2D eigenvalue weighted by molar-refractivity contribution is 0.995. The number of benzene rings is 9. The third-order valence-electron chi connectivity index (χ3n) is 11.2. The molecule has 0 bridgehead atoms. The summed E-state index contributed by atoms with van der Waals surface area (Å²) in [4.78, 5) is 10.5. The molecule has 2 heterocycles. The Morgan fingerprint density at radius 2 is 0.737 bits per heavy atom. The number of fused-ring (bicyclic) bond motifs is 9. The second kappa shape index (κ2) is 13.2. The molecule has 11 rings (SSSR count). The predicted molar refractivity (Wildman–Crippen MR) is 235 cm³/mol. The van der Waals surface area contributed by atoms with Crippen molar-refractivity contribution in [2.75, 3.05) is 0 Å². The van der Waals surface area contributed by atoms with Crippen LogP contribution in [0.3, 0.4) is 0 Å². The van der Waals surface area contributed by atoms with Crippen molar-refractivity contribution in [3.05, 3.63) is 200 Å². The molecule has 264 valence electrons. The Balaban J connectivity index is 1.16. The Morgan fingerprint density at radius 3 is 1.28 bits per heavy atom. The van der Waals surface area contributed by atoms with Gasteiger partial charge >= 0.3 is 0 Å². The van der Waals surface area contributed by atoms with Gasteiger partial charge in [0.15, 0.2) is 0 Å². The number of aromatic nitrogens is 3. The summed E-state index contributed by atoms with van der Waals surface area (Å²) in [6.07, 6.45) is 0. The summed E-state index contributed by atoms with van der Waals surface area (Å²) in [5.41, 5.74) is 10.8. The van der Waals surface area contributed by atoms with Crippen LogP contribution < -0.4 is 0 Å². The molecular formula is C53H32N4. The molecule has 4 nitrogen and oxygen atoms in total. The van der Waals surface area contributed by atoms with E-state index in [1.807, 2.05) is 48.5 Å². The SMILES string of the molecule is N#Cc1ccc(-c2cc(-c3ccccc3)nc(-n3c4ccc(-c5ccccc5)cc4c4cc(-c5ccc6c7ccccc7c7ccccc7c6c5)ccc43)n2)cc1. The van der Waals surface area contributed by atoms with Crippen molar-refractivity contribution >= 4 is 54.1 Å². The Labute approximate surface area is 329 Å². The maximum Gasteiger partial charge on any atom is 0.235 e. The second-order valence-electron chi connectivity index (χ2n) is 14.5. The maximum atomic E-state index is 9.49. The van der Waals surface area contributed by atoms with Crippen molar-refractivity contribution in [1.82, 2.24) is 14.5 Å². The van der Waals surface area contributed by atoms with E-state index in [0.717, 1.165) is 66.6 Å². The highest BCUT2D eigenvalue weighted by molar-refractivity contribution is 6.25. The summed E-state index contributed by atoms with van der Waals surface area (Å²) in [6.45, 7) is 0. The van der Waals surface area contributed by atoms with Gasteiger partial charge in [-0.2, -0.15) is 5.26 Å². The molecule has 0 saturated carbocycles. The van der Waals surface area contributed by atoms with E-state index >= 15 is 0 Å². The highest BCUT2D eigenvalue weighted by Gasteiger charge is 2.19. The number of nitriles is 1. The van der Waals surface area contributed by atoms with E-state index in [0.29, 0.717) is 11.5 Å². The van der Waals surface area contributed by atoms with Crippen LogP contribution in [0.4, 0.5) is 0 Å². The van der Waals surface area contributed by atoms with E-state index in [2.05, 4.69) is 156 Å². The van der Waals surface area contributed by atoms with Gasteiger partial charge in [-0.1, -0.05) is 146 Å². The molecule has 0 N–H and O–H groups in total. The zero-order chi connectivity index (χ0) is 37.9. The van der Waals surface area contributed by atoms with Crippen molar-refractivity contribution in [2.45, 2.75) is 0 Å². The Kier molecular flexibility index (Phi) is 7.52. The van der Waals surface area contributed by atoms with Crippen LogP contribution in [0.5, 0.6) is 0 Å². The molecule has 0 spiro atoms. The summed E-state index contributed by atoms with van der Waals surface area (Å²) >= 11 is 0. The molecule has 11 aromatic rings. The lowest BCUT2D eigenvalue weighted by Crippen LogP contribution is -2.04. The minimum absolute atomic E-state index is 0.583. The average Bonchev–Trinajstić information content (AvgIpc) is 3.62. The molecule has 57 heavy (non-hydrogen) atoms. The first-order valence-corrected chi connectivity index (χ1v) is 19.1. The normalized spacial score (nSPS) is 11.5. The van der Waals surface area contributed by atoms with E-state index in [1.165, 1.54) is 32.3 Å². The molecule has 0 amide bonds. The van der Waals surface area contributed by atoms with Crippen molar-refractivity contribution in [1.29, 1.82) is 5.26 Å². The third-order valence-corrected chi connectivity index (χ3v) is 11.2. The molecule has 0 radical (unpaired) electrons. The molecule has 0 atom stereocenters. The van der Waals surface area contributed by atoms with Crippen molar-refractivity contribution in [3.63, 3.8) is 0 Å². The van der Waals surface area contributed by atoms with E-state index in [-0.39, 0.29) is 0 Å². The first-order valence-electron chi connectivity index (χ1n) is 19.1. The fourth-order valence-corrected chi connectivity index (χ4v) is 8.47. The molecule has 0 unspecified atom stereocenters. The zero-order valence-electron chi connectivity index (χ0n) is 30.8. The molecule has 0 aliphatic carbocycles. The van der Waals surface area contributed by atoms with Crippen molar-refractivity contribution < 1.29 is 0 Å². The summed E-state index contributed by atoms with van der Waals surface area (Å²) < 4.78 is 2.20. The Hall–Kier alpha value is -7.87. The average molecular weight is 725 g/mol. The highest BCUT2D eigenvalue weighted by Crippen LogP contribution is 2.40. The van der Waals surface area contributed by atoms with Crippen LogP contribution in [0.1, 0.15) is 5.56 Å². The Morgan fingerprint density at radius 1 is 0.333 bits per heavy atom. The topological polar surface area (TPSA) is 54.5 Å². The summed E-state index contributed by atoms with van der Waals surface area (Å²) in [7, 11) is 0. The Bertz CT molecular complexity index is 3360. The number of hydrogen-bond donors (Lipinski definition) is 0. The van der Waals surface area contributed by atoms with Crippen LogP contribution in [0, 0.1) is 11.3 Å². The fraction of sp³-hybridized carbons (Fsp3) is 0. The van der Waals surface area contributed by atoms with Crippen molar-refractivity contribution in [2.24, 2.45) is 0 Å². The second-order valence-corrected chi connectivity index (χ2v) is 14.5. The quantitative estimate of drug-likeness (QED) is 0.166. The minimum Gasteiger partial charge on any atom is -0.278 e. The van der Waals surface area contributed by atoms with Gasteiger partial charge in [0.1, 0.15) is 0 Å². The van der Waals surface area contributed by atoms with Crippen LogP contribution in [0.2, 0.25) is 0 Å². The molecule has 4 heteroatoms. The molecule has 0 fully saturated rings. The first kappa shape index (κ1) is 32.6. The van der Waals surface area contributed by atoms with Crippen molar-refractivity contribution in [3.8, 4) is 56.8 Å². The van der Waals surface area contributed by atoms with Gasteiger partial charge in [-0.15, -0.1) is 0 Å². The van der Waals surface area contributed by atoms with Crippen LogP contribution in [-0.2, 0) is 0 Å². The monoisotopic (exact) mass is 724 g/mol. The standard InChI is InChI=1S/C53H32N4/c54-33-34-19-21-37(22-20-34)50-32-49(36-13-5-2-6-14-36)55-53(56-50)57-51-27-24-38(35-11-3-1-4-12-35)30-47(51)48-31-40(25-28-52(48)57)39-23-26-45-43-17-8-7-15-41(43)42-16-9-10-18-44(42)46(45)29-39/h1-32H. The van der Waals surface area contributed by atoms with E-state index in [4.69, 9.17) is 9.97 Å². The molecule has 2 aromatic heterocycles. The van der Waals surface area contributed by atoms with Gasteiger partial charge in [-0.25, -0.2) is 9.97 Å². The van der Waals surface area contributed by atoms with Gasteiger partial charge in [0, 0.05) is 21.9 Å². The van der Waals surface area contributed by atoms with Gasteiger partial charge in [0.25, 0.3) is 0 Å². The number of rotatable bonds is 5. The molecule has 0 saturated heterocycles. The summed E-state index contributed by atoms with van der Waals surface area (Å²) in [5.74, 6) is 0.583. The van der Waals surface area contributed by atoms with E-state index < -0.39 is 0 Å². The van der Waals surface area contributed by atoms with E-state index in [9.17, 15) is 5.26 Å². The van der Waals surface area contributed by atoms with Gasteiger partial charge in [0.2, 0.25) is 5.95 Å². The third kappa shape index (κ3) is 5.45. The zero-order valence-corrected chi connectivity index (χ0v) is 30.8. The van der Waals surface area contributed by atoms with Crippen LogP contribution in [0.25, 0.3) is 105 Å². The fourth-order valence-electron chi connectivity index (χ4n) is 8.47. The number of nitrogens with zero attached hydrogens (tertiary/aromatic N) is 4. The minimum atomic E-state index is 0.583.